The summed E-state index contributed by atoms with van der Waals surface area (Å²) in [5.74, 6) is 1.67. The number of nitrogens with two attached hydrogens (primary N) is 1. The van der Waals surface area contributed by atoms with Crippen molar-refractivity contribution < 1.29 is 23.7 Å². The smallest absolute Gasteiger partial charge is 0.211 e. The van der Waals surface area contributed by atoms with Crippen molar-refractivity contribution in [3.8, 4) is 34.3 Å². The summed E-state index contributed by atoms with van der Waals surface area (Å²) < 4.78 is 21.9. The van der Waals surface area contributed by atoms with E-state index in [9.17, 15) is 4.79 Å². The Labute approximate surface area is 197 Å². The third kappa shape index (κ3) is 4.66. The molecule has 174 valence electrons. The number of carbonyl (C=O) groups excluding carboxylic acids is 1. The lowest BCUT2D eigenvalue weighted by Gasteiger charge is -2.13. The summed E-state index contributed by atoms with van der Waals surface area (Å²) >= 11 is 0. The first kappa shape index (κ1) is 22.7. The van der Waals surface area contributed by atoms with Gasteiger partial charge in [0.25, 0.3) is 0 Å². The van der Waals surface area contributed by atoms with Gasteiger partial charge in [-0.25, -0.2) is 4.98 Å². The summed E-state index contributed by atoms with van der Waals surface area (Å²) in [6, 6.07) is 20.4. The lowest BCUT2D eigenvalue weighted by Crippen LogP contribution is -2.06. The Morgan fingerprint density at radius 2 is 1.56 bits per heavy atom. The van der Waals surface area contributed by atoms with Crippen LogP contribution in [0.2, 0.25) is 0 Å². The molecule has 0 radical (unpaired) electrons. The molecule has 0 bridgehead atoms. The van der Waals surface area contributed by atoms with Crippen molar-refractivity contribution in [1.82, 2.24) is 9.97 Å². The van der Waals surface area contributed by atoms with E-state index in [1.54, 1.807) is 12.1 Å². The van der Waals surface area contributed by atoms with E-state index in [-0.39, 0.29) is 17.4 Å². The highest BCUT2D eigenvalue weighted by molar-refractivity contribution is 6.12. The molecule has 0 fully saturated rings. The normalized spacial score (nSPS) is 10.6. The summed E-state index contributed by atoms with van der Waals surface area (Å²) in [6.45, 7) is 0.459. The number of anilines is 1. The molecule has 34 heavy (non-hydrogen) atoms. The molecule has 0 atom stereocenters. The number of aromatic nitrogens is 2. The Kier molecular flexibility index (Phi) is 6.68. The Balaban J connectivity index is 1.61. The van der Waals surface area contributed by atoms with Gasteiger partial charge in [-0.15, -0.1) is 0 Å². The molecule has 3 N–H and O–H groups in total. The topological polar surface area (TPSA) is 109 Å². The van der Waals surface area contributed by atoms with Gasteiger partial charge in [0.05, 0.1) is 21.3 Å². The summed E-state index contributed by atoms with van der Waals surface area (Å²) in [7, 11) is 4.49. The van der Waals surface area contributed by atoms with Crippen molar-refractivity contribution in [3.05, 3.63) is 83.6 Å². The predicted octanol–water partition coefficient (Wildman–Crippen LogP) is 4.49. The minimum Gasteiger partial charge on any atom is -0.493 e. The standard InChI is InChI=1S/C26H25N3O5/c1-31-20-13-18(14-21(32-2)25(20)33-3)24(30)23-22(28-26(27)29-23)17-9-11-19(12-10-17)34-15-16-7-5-4-6-8-16/h4-14H,15H2,1-3H3,(H3,27,28,29). The third-order valence-electron chi connectivity index (χ3n) is 5.25. The molecule has 4 rings (SSSR count). The first-order valence-electron chi connectivity index (χ1n) is 10.5. The number of nitrogen functional groups attached to an aromatic ring is 1. The molecule has 0 saturated heterocycles. The Morgan fingerprint density at radius 1 is 0.912 bits per heavy atom. The largest absolute Gasteiger partial charge is 0.493 e. The third-order valence-corrected chi connectivity index (χ3v) is 5.25. The van der Waals surface area contributed by atoms with Crippen LogP contribution in [0.4, 0.5) is 5.95 Å². The van der Waals surface area contributed by atoms with Crippen molar-refractivity contribution in [2.24, 2.45) is 0 Å². The van der Waals surface area contributed by atoms with Crippen LogP contribution in [0.3, 0.4) is 0 Å². The Morgan fingerprint density at radius 3 is 2.15 bits per heavy atom. The maximum atomic E-state index is 13.4. The summed E-state index contributed by atoms with van der Waals surface area (Å²) in [4.78, 5) is 20.6. The molecule has 0 aliphatic heterocycles. The number of aromatic amines is 1. The zero-order valence-corrected chi connectivity index (χ0v) is 19.1. The van der Waals surface area contributed by atoms with Crippen LogP contribution in [0, 0.1) is 0 Å². The fourth-order valence-corrected chi connectivity index (χ4v) is 3.57. The molecule has 0 aliphatic carbocycles. The molecule has 0 aliphatic rings. The van der Waals surface area contributed by atoms with Crippen LogP contribution in [0.15, 0.2) is 66.7 Å². The van der Waals surface area contributed by atoms with E-state index in [4.69, 9.17) is 24.7 Å². The van der Waals surface area contributed by atoms with Gasteiger partial charge in [-0.05, 0) is 42.0 Å². The van der Waals surface area contributed by atoms with Gasteiger partial charge in [-0.3, -0.25) is 4.79 Å². The number of ether oxygens (including phenoxy) is 4. The quantitative estimate of drug-likeness (QED) is 0.355. The van der Waals surface area contributed by atoms with Gasteiger partial charge in [-0.2, -0.15) is 0 Å². The van der Waals surface area contributed by atoms with Crippen molar-refractivity contribution in [3.63, 3.8) is 0 Å². The first-order valence-corrected chi connectivity index (χ1v) is 10.5. The summed E-state index contributed by atoms with van der Waals surface area (Å²) in [5.41, 5.74) is 8.74. The minimum atomic E-state index is -0.317. The van der Waals surface area contributed by atoms with Gasteiger partial charge in [0, 0.05) is 11.1 Å². The van der Waals surface area contributed by atoms with Crippen LogP contribution in [-0.2, 0) is 6.61 Å². The lowest BCUT2D eigenvalue weighted by molar-refractivity contribution is 0.103. The van der Waals surface area contributed by atoms with E-state index in [0.717, 1.165) is 11.1 Å². The van der Waals surface area contributed by atoms with Crippen LogP contribution in [0.5, 0.6) is 23.0 Å². The predicted molar refractivity (Wildman–Crippen MR) is 129 cm³/mol. The number of rotatable bonds is 9. The van der Waals surface area contributed by atoms with Crippen LogP contribution in [0.25, 0.3) is 11.3 Å². The van der Waals surface area contributed by atoms with Crippen molar-refractivity contribution in [1.29, 1.82) is 0 Å². The highest BCUT2D eigenvalue weighted by Crippen LogP contribution is 2.39. The molecule has 0 unspecified atom stereocenters. The summed E-state index contributed by atoms with van der Waals surface area (Å²) in [6.07, 6.45) is 0. The maximum Gasteiger partial charge on any atom is 0.211 e. The second kappa shape index (κ2) is 9.99. The zero-order valence-electron chi connectivity index (χ0n) is 19.1. The van der Waals surface area contributed by atoms with E-state index < -0.39 is 0 Å². The lowest BCUT2D eigenvalue weighted by atomic mass is 10.0. The zero-order chi connectivity index (χ0) is 24.1. The molecular formula is C26H25N3O5. The monoisotopic (exact) mass is 459 g/mol. The number of methoxy groups -OCH3 is 3. The molecule has 8 heteroatoms. The first-order chi connectivity index (χ1) is 16.5. The van der Waals surface area contributed by atoms with Crippen molar-refractivity contribution in [2.45, 2.75) is 6.61 Å². The van der Waals surface area contributed by atoms with E-state index in [1.165, 1.54) is 21.3 Å². The SMILES string of the molecule is COc1cc(C(=O)c2[nH]c(N)nc2-c2ccc(OCc3ccccc3)cc2)cc(OC)c1OC. The van der Waals surface area contributed by atoms with E-state index >= 15 is 0 Å². The number of hydrogen-bond acceptors (Lipinski definition) is 7. The van der Waals surface area contributed by atoms with Crippen LogP contribution in [0.1, 0.15) is 21.6 Å². The fraction of sp³-hybridized carbons (Fsp3) is 0.154. The minimum absolute atomic E-state index is 0.134. The number of hydrogen-bond donors (Lipinski definition) is 2. The molecule has 0 spiro atoms. The van der Waals surface area contributed by atoms with Gasteiger partial charge >= 0.3 is 0 Å². The molecule has 1 aromatic heterocycles. The number of nitrogens with one attached hydrogen (secondary N) is 1. The summed E-state index contributed by atoms with van der Waals surface area (Å²) in [5, 5.41) is 0. The average molecular weight is 460 g/mol. The molecular weight excluding hydrogens is 434 g/mol. The average Bonchev–Trinajstić information content (AvgIpc) is 3.28. The van der Waals surface area contributed by atoms with Gasteiger partial charge < -0.3 is 29.7 Å². The van der Waals surface area contributed by atoms with Crippen LogP contribution < -0.4 is 24.7 Å². The second-order valence-corrected chi connectivity index (χ2v) is 7.39. The molecule has 3 aromatic carbocycles. The van der Waals surface area contributed by atoms with Gasteiger partial charge in [-0.1, -0.05) is 30.3 Å². The number of nitrogens with zero attached hydrogens (tertiary/aromatic N) is 1. The Bertz CT molecular complexity index is 1260. The highest BCUT2D eigenvalue weighted by Gasteiger charge is 2.23. The fourth-order valence-electron chi connectivity index (χ4n) is 3.57. The van der Waals surface area contributed by atoms with Gasteiger partial charge in [0.2, 0.25) is 11.5 Å². The number of imidazole rings is 1. The molecule has 1 heterocycles. The van der Waals surface area contributed by atoms with E-state index in [0.29, 0.717) is 40.9 Å². The van der Waals surface area contributed by atoms with Gasteiger partial charge in [0.1, 0.15) is 23.7 Å². The molecule has 4 aromatic rings. The highest BCUT2D eigenvalue weighted by atomic mass is 16.5. The maximum absolute atomic E-state index is 13.4. The van der Waals surface area contributed by atoms with Crippen molar-refractivity contribution >= 4 is 11.7 Å². The number of ketones is 1. The van der Waals surface area contributed by atoms with E-state index in [2.05, 4.69) is 9.97 Å². The molecule has 8 nitrogen and oxygen atoms in total. The van der Waals surface area contributed by atoms with Crippen LogP contribution >= 0.6 is 0 Å². The number of carbonyl (C=O) groups is 1. The second-order valence-electron chi connectivity index (χ2n) is 7.39. The molecule has 0 saturated carbocycles. The number of benzene rings is 3. The van der Waals surface area contributed by atoms with Crippen LogP contribution in [-0.4, -0.2) is 37.1 Å². The molecule has 0 amide bonds. The van der Waals surface area contributed by atoms with E-state index in [1.807, 2.05) is 54.6 Å². The Hall–Kier alpha value is -4.46. The number of H-pyrrole nitrogens is 1. The van der Waals surface area contributed by atoms with Gasteiger partial charge in [0.15, 0.2) is 17.4 Å². The van der Waals surface area contributed by atoms with Crippen molar-refractivity contribution in [2.75, 3.05) is 27.1 Å².